The molecule has 112 valence electrons. The lowest BCUT2D eigenvalue weighted by Gasteiger charge is -2.30. The normalized spacial score (nSPS) is 25.2. The first-order valence-electron chi connectivity index (χ1n) is 7.34. The van der Waals surface area contributed by atoms with Gasteiger partial charge < -0.3 is 10.4 Å². The van der Waals surface area contributed by atoms with Crippen molar-refractivity contribution in [2.45, 2.75) is 39.2 Å². The molecule has 2 unspecified atom stereocenters. The average Bonchev–Trinajstić information content (AvgIpc) is 3.08. The molecular formula is C15H21N5O. The maximum absolute atomic E-state index is 9.58. The van der Waals surface area contributed by atoms with Gasteiger partial charge in [0.05, 0.1) is 12.3 Å². The van der Waals surface area contributed by atoms with Crippen LogP contribution in [0.2, 0.25) is 0 Å². The van der Waals surface area contributed by atoms with Crippen LogP contribution in [0.25, 0.3) is 5.82 Å². The van der Waals surface area contributed by atoms with E-state index in [0.717, 1.165) is 30.8 Å². The Hall–Kier alpha value is -1.95. The highest BCUT2D eigenvalue weighted by Crippen LogP contribution is 2.38. The third-order valence-electron chi connectivity index (χ3n) is 4.37. The summed E-state index contributed by atoms with van der Waals surface area (Å²) in [4.78, 5) is 0. The molecule has 2 heterocycles. The quantitative estimate of drug-likeness (QED) is 0.898. The summed E-state index contributed by atoms with van der Waals surface area (Å²) in [6.07, 6.45) is 5.09. The zero-order valence-electron chi connectivity index (χ0n) is 12.5. The van der Waals surface area contributed by atoms with Gasteiger partial charge in [-0.05, 0) is 38.0 Å². The molecule has 1 aliphatic rings. The molecule has 1 fully saturated rings. The monoisotopic (exact) mass is 287 g/mol. The van der Waals surface area contributed by atoms with Crippen LogP contribution in [0.1, 0.15) is 31.9 Å². The van der Waals surface area contributed by atoms with E-state index in [1.807, 2.05) is 31.3 Å². The Morgan fingerprint density at radius 2 is 2.24 bits per heavy atom. The van der Waals surface area contributed by atoms with Crippen LogP contribution in [-0.2, 0) is 0 Å². The molecule has 21 heavy (non-hydrogen) atoms. The average molecular weight is 287 g/mol. The molecule has 0 aromatic carbocycles. The van der Waals surface area contributed by atoms with Gasteiger partial charge in [-0.25, -0.2) is 4.68 Å². The maximum Gasteiger partial charge on any atom is 0.175 e. The predicted molar refractivity (Wildman–Crippen MR) is 80.3 cm³/mol. The Morgan fingerprint density at radius 3 is 2.86 bits per heavy atom. The van der Waals surface area contributed by atoms with E-state index in [-0.39, 0.29) is 18.1 Å². The summed E-state index contributed by atoms with van der Waals surface area (Å²) in [5.41, 5.74) is 0.878. The fraction of sp³-hybridized carbons (Fsp3) is 0.533. The second-order valence-electron chi connectivity index (χ2n) is 6.08. The molecule has 1 saturated carbocycles. The summed E-state index contributed by atoms with van der Waals surface area (Å²) in [6.45, 7) is 4.25. The van der Waals surface area contributed by atoms with Crippen LogP contribution in [0.15, 0.2) is 24.4 Å². The highest BCUT2D eigenvalue weighted by atomic mass is 16.3. The van der Waals surface area contributed by atoms with Crippen LogP contribution in [0, 0.1) is 12.3 Å². The molecule has 0 aliphatic heterocycles. The minimum atomic E-state index is -0.0700. The van der Waals surface area contributed by atoms with Gasteiger partial charge in [0.2, 0.25) is 0 Å². The molecule has 2 aromatic rings. The van der Waals surface area contributed by atoms with E-state index in [0.29, 0.717) is 5.82 Å². The van der Waals surface area contributed by atoms with Crippen molar-refractivity contribution in [1.82, 2.24) is 20.0 Å². The van der Waals surface area contributed by atoms with E-state index in [1.54, 1.807) is 4.68 Å². The van der Waals surface area contributed by atoms with Crippen LogP contribution in [0.5, 0.6) is 0 Å². The zero-order chi connectivity index (χ0) is 14.9. The zero-order valence-corrected chi connectivity index (χ0v) is 12.5. The third kappa shape index (κ3) is 2.76. The number of anilines is 1. The minimum Gasteiger partial charge on any atom is -0.396 e. The van der Waals surface area contributed by atoms with Crippen molar-refractivity contribution >= 4 is 5.82 Å². The van der Waals surface area contributed by atoms with Crippen LogP contribution in [-0.4, -0.2) is 37.7 Å². The Balaban J connectivity index is 1.73. The summed E-state index contributed by atoms with van der Waals surface area (Å²) >= 11 is 0. The maximum atomic E-state index is 9.58. The van der Waals surface area contributed by atoms with Gasteiger partial charge in [-0.15, -0.1) is 10.2 Å². The molecule has 6 heteroatoms. The van der Waals surface area contributed by atoms with Gasteiger partial charge in [-0.2, -0.15) is 5.10 Å². The van der Waals surface area contributed by atoms with E-state index in [9.17, 15) is 5.11 Å². The first kappa shape index (κ1) is 14.0. The van der Waals surface area contributed by atoms with Gasteiger partial charge in [-0.3, -0.25) is 0 Å². The number of aliphatic hydroxyl groups excluding tert-OH is 1. The van der Waals surface area contributed by atoms with E-state index >= 15 is 0 Å². The Morgan fingerprint density at radius 1 is 1.38 bits per heavy atom. The van der Waals surface area contributed by atoms with E-state index in [4.69, 9.17) is 0 Å². The van der Waals surface area contributed by atoms with Crippen LogP contribution >= 0.6 is 0 Å². The van der Waals surface area contributed by atoms with Crippen molar-refractivity contribution in [2.75, 3.05) is 11.9 Å². The molecule has 1 aliphatic carbocycles. The lowest BCUT2D eigenvalue weighted by atomic mass is 9.86. The van der Waals surface area contributed by atoms with Gasteiger partial charge >= 0.3 is 0 Å². The lowest BCUT2D eigenvalue weighted by Crippen LogP contribution is -2.36. The van der Waals surface area contributed by atoms with Gasteiger partial charge in [0, 0.05) is 17.7 Å². The van der Waals surface area contributed by atoms with Crippen molar-refractivity contribution < 1.29 is 5.11 Å². The lowest BCUT2D eigenvalue weighted by molar-refractivity contribution is 0.139. The first-order valence-corrected chi connectivity index (χ1v) is 7.34. The van der Waals surface area contributed by atoms with Gasteiger partial charge in [0.25, 0.3) is 0 Å². The molecule has 0 amide bonds. The molecule has 0 saturated heterocycles. The number of nitrogens with one attached hydrogen (secondary N) is 1. The molecule has 2 aromatic heterocycles. The minimum absolute atomic E-state index is 0.0700. The number of hydrogen-bond donors (Lipinski definition) is 2. The third-order valence-corrected chi connectivity index (χ3v) is 4.37. The number of hydrogen-bond acceptors (Lipinski definition) is 5. The molecule has 2 N–H and O–H groups in total. The Labute approximate surface area is 124 Å². The SMILES string of the molecule is Cc1ccn(-c2ccc(NC3CCCC3(C)CO)nn2)n1. The standard InChI is InChI=1S/C15H21N5O/c1-11-7-9-20(19-11)14-6-5-13(17-18-14)16-12-4-3-8-15(12,2)10-21/h5-7,9,12,21H,3-4,8,10H2,1-2H3,(H,16,17). The number of nitrogens with zero attached hydrogens (tertiary/aromatic N) is 4. The molecule has 6 nitrogen and oxygen atoms in total. The summed E-state index contributed by atoms with van der Waals surface area (Å²) in [6, 6.07) is 5.98. The van der Waals surface area contributed by atoms with Crippen LogP contribution < -0.4 is 5.32 Å². The van der Waals surface area contributed by atoms with E-state index in [2.05, 4.69) is 27.5 Å². The molecule has 0 radical (unpaired) electrons. The largest absolute Gasteiger partial charge is 0.396 e. The highest BCUT2D eigenvalue weighted by Gasteiger charge is 2.38. The van der Waals surface area contributed by atoms with Gasteiger partial charge in [0.1, 0.15) is 5.82 Å². The predicted octanol–water partition coefficient (Wildman–Crippen LogP) is 1.93. The van der Waals surface area contributed by atoms with E-state index < -0.39 is 0 Å². The van der Waals surface area contributed by atoms with Crippen molar-refractivity contribution in [3.8, 4) is 5.82 Å². The van der Waals surface area contributed by atoms with Crippen LogP contribution in [0.4, 0.5) is 5.82 Å². The first-order chi connectivity index (χ1) is 10.1. The van der Waals surface area contributed by atoms with Gasteiger partial charge in [-0.1, -0.05) is 13.3 Å². The van der Waals surface area contributed by atoms with Crippen LogP contribution in [0.3, 0.4) is 0 Å². The second-order valence-corrected chi connectivity index (χ2v) is 6.08. The smallest absolute Gasteiger partial charge is 0.175 e. The molecule has 0 bridgehead atoms. The fourth-order valence-electron chi connectivity index (χ4n) is 2.91. The number of aliphatic hydroxyl groups is 1. The summed E-state index contributed by atoms with van der Waals surface area (Å²) in [5, 5.41) is 25.7. The summed E-state index contributed by atoms with van der Waals surface area (Å²) < 4.78 is 1.71. The molecule has 0 spiro atoms. The van der Waals surface area contributed by atoms with Crippen molar-refractivity contribution in [1.29, 1.82) is 0 Å². The number of rotatable bonds is 4. The van der Waals surface area contributed by atoms with Crippen molar-refractivity contribution in [3.63, 3.8) is 0 Å². The molecule has 3 rings (SSSR count). The second kappa shape index (κ2) is 5.44. The number of aryl methyl sites for hydroxylation is 1. The molecule has 2 atom stereocenters. The van der Waals surface area contributed by atoms with Crippen molar-refractivity contribution in [2.24, 2.45) is 5.41 Å². The van der Waals surface area contributed by atoms with Crippen molar-refractivity contribution in [3.05, 3.63) is 30.1 Å². The van der Waals surface area contributed by atoms with Gasteiger partial charge in [0.15, 0.2) is 5.82 Å². The molecular weight excluding hydrogens is 266 g/mol. The van der Waals surface area contributed by atoms with E-state index in [1.165, 1.54) is 0 Å². The number of aromatic nitrogens is 4. The topological polar surface area (TPSA) is 75.9 Å². The Bertz CT molecular complexity index is 609. The Kier molecular flexibility index (Phi) is 3.63. The highest BCUT2D eigenvalue weighted by molar-refractivity contribution is 5.38. The fourth-order valence-corrected chi connectivity index (χ4v) is 2.91. The summed E-state index contributed by atoms with van der Waals surface area (Å²) in [5.74, 6) is 1.44. The summed E-state index contributed by atoms with van der Waals surface area (Å²) in [7, 11) is 0.